The molecule has 1 aromatic carbocycles. The molecule has 27 heavy (non-hydrogen) atoms. The Kier molecular flexibility index (Phi) is 4.30. The van der Waals surface area contributed by atoms with Crippen molar-refractivity contribution >= 4 is 55.3 Å². The van der Waals surface area contributed by atoms with Crippen molar-refractivity contribution in [2.75, 3.05) is 5.32 Å². The third-order valence-corrected chi connectivity index (χ3v) is 8.07. The van der Waals surface area contributed by atoms with Gasteiger partial charge < -0.3 is 0 Å². The summed E-state index contributed by atoms with van der Waals surface area (Å²) >= 11 is 4.75. The highest BCUT2D eigenvalue weighted by atomic mass is 32.1. The number of nitrogens with one attached hydrogen (secondary N) is 1. The van der Waals surface area contributed by atoms with E-state index in [1.807, 2.05) is 30.3 Å². The fourth-order valence-corrected chi connectivity index (χ4v) is 6.39. The van der Waals surface area contributed by atoms with E-state index < -0.39 is 0 Å². The van der Waals surface area contributed by atoms with Gasteiger partial charge in [0.05, 0.1) is 25.7 Å². The highest BCUT2D eigenvalue weighted by Crippen LogP contribution is 2.35. The molecule has 4 aromatic rings. The predicted molar refractivity (Wildman–Crippen MR) is 114 cm³/mol. The highest BCUT2D eigenvalue weighted by molar-refractivity contribution is 7.26. The molecule has 7 heteroatoms. The van der Waals surface area contributed by atoms with E-state index in [1.165, 1.54) is 22.6 Å². The number of para-hydroxylation sites is 1. The minimum absolute atomic E-state index is 0.0912. The van der Waals surface area contributed by atoms with Crippen molar-refractivity contribution in [3.05, 3.63) is 51.8 Å². The molecule has 5 rings (SSSR count). The van der Waals surface area contributed by atoms with Crippen molar-refractivity contribution in [3.8, 4) is 9.88 Å². The van der Waals surface area contributed by atoms with Crippen LogP contribution in [0.5, 0.6) is 0 Å². The molecule has 0 fully saturated rings. The summed E-state index contributed by atoms with van der Waals surface area (Å²) < 4.78 is 1.16. The number of thiazole rings is 2. The number of aryl methyl sites for hydroxylation is 1. The van der Waals surface area contributed by atoms with Gasteiger partial charge in [-0.3, -0.25) is 10.1 Å². The highest BCUT2D eigenvalue weighted by Gasteiger charge is 2.21. The average Bonchev–Trinajstić information content (AvgIpc) is 3.38. The first-order chi connectivity index (χ1) is 13.2. The maximum Gasteiger partial charge on any atom is 0.267 e. The molecule has 136 valence electrons. The third kappa shape index (κ3) is 3.31. The van der Waals surface area contributed by atoms with E-state index in [-0.39, 0.29) is 5.91 Å². The molecule has 0 saturated heterocycles. The van der Waals surface area contributed by atoms with Gasteiger partial charge in [-0.2, -0.15) is 0 Å². The van der Waals surface area contributed by atoms with Crippen LogP contribution in [0.3, 0.4) is 0 Å². The second kappa shape index (κ2) is 6.82. The first kappa shape index (κ1) is 17.0. The first-order valence-electron chi connectivity index (χ1n) is 8.91. The number of rotatable bonds is 3. The number of nitrogens with zero attached hydrogens (tertiary/aromatic N) is 2. The molecule has 1 aliphatic carbocycles. The molecule has 0 spiro atoms. The Balaban J connectivity index is 1.35. The van der Waals surface area contributed by atoms with Gasteiger partial charge in [-0.05, 0) is 49.4 Å². The van der Waals surface area contributed by atoms with Crippen LogP contribution in [0.1, 0.15) is 33.6 Å². The Morgan fingerprint density at radius 1 is 1.11 bits per heavy atom. The van der Waals surface area contributed by atoms with Crippen LogP contribution >= 0.6 is 34.0 Å². The van der Waals surface area contributed by atoms with Crippen molar-refractivity contribution in [3.63, 3.8) is 0 Å². The summed E-state index contributed by atoms with van der Waals surface area (Å²) in [5.41, 5.74) is 2.16. The van der Waals surface area contributed by atoms with E-state index in [2.05, 4.69) is 28.3 Å². The number of fused-ring (bicyclic) bond motifs is 2. The number of hydrogen-bond acceptors (Lipinski definition) is 6. The van der Waals surface area contributed by atoms with Crippen molar-refractivity contribution in [2.24, 2.45) is 5.92 Å². The van der Waals surface area contributed by atoms with Crippen LogP contribution in [0, 0.1) is 5.92 Å². The lowest BCUT2D eigenvalue weighted by Gasteiger charge is -2.15. The summed E-state index contributed by atoms with van der Waals surface area (Å²) in [6, 6.07) is 12.0. The number of benzene rings is 1. The standard InChI is InChI=1S/C20H17N3OS3/c1-11-6-7-13-17(10-11)27-20(22-13)23-18(24)15-8-9-16(25-15)19-21-12-4-2-3-5-14(12)26-19/h2-5,8-9,11H,6-7,10H2,1H3,(H,22,23,24). The molecule has 1 amide bonds. The fourth-order valence-electron chi connectivity index (χ4n) is 3.30. The summed E-state index contributed by atoms with van der Waals surface area (Å²) in [6.45, 7) is 2.27. The van der Waals surface area contributed by atoms with Crippen LogP contribution in [-0.4, -0.2) is 15.9 Å². The van der Waals surface area contributed by atoms with Crippen LogP contribution in [-0.2, 0) is 12.8 Å². The Morgan fingerprint density at radius 3 is 2.89 bits per heavy atom. The minimum Gasteiger partial charge on any atom is -0.297 e. The van der Waals surface area contributed by atoms with Crippen molar-refractivity contribution < 1.29 is 4.79 Å². The molecule has 3 aromatic heterocycles. The van der Waals surface area contributed by atoms with Crippen molar-refractivity contribution in [2.45, 2.75) is 26.2 Å². The number of amides is 1. The van der Waals surface area contributed by atoms with E-state index >= 15 is 0 Å². The lowest BCUT2D eigenvalue weighted by atomic mass is 9.93. The molecule has 0 aliphatic heterocycles. The number of carbonyl (C=O) groups excluding carboxylic acids is 1. The van der Waals surface area contributed by atoms with Gasteiger partial charge in [0.1, 0.15) is 5.01 Å². The fraction of sp³-hybridized carbons (Fsp3) is 0.250. The normalized spacial score (nSPS) is 16.4. The zero-order valence-electron chi connectivity index (χ0n) is 14.7. The number of thiophene rings is 1. The molecule has 3 heterocycles. The average molecular weight is 412 g/mol. The third-order valence-electron chi connectivity index (χ3n) is 4.74. The van der Waals surface area contributed by atoms with Gasteiger partial charge in [0.25, 0.3) is 5.91 Å². The predicted octanol–water partition coefficient (Wildman–Crippen LogP) is 5.86. The molecule has 1 atom stereocenters. The molecular formula is C20H17N3OS3. The summed E-state index contributed by atoms with van der Waals surface area (Å²) in [4.78, 5) is 25.0. The number of hydrogen-bond donors (Lipinski definition) is 1. The molecule has 0 saturated carbocycles. The Morgan fingerprint density at radius 2 is 2.00 bits per heavy atom. The molecule has 0 radical (unpaired) electrons. The minimum atomic E-state index is -0.0912. The molecule has 0 bridgehead atoms. The van der Waals surface area contributed by atoms with Gasteiger partial charge >= 0.3 is 0 Å². The van der Waals surface area contributed by atoms with E-state index in [0.29, 0.717) is 15.9 Å². The van der Waals surface area contributed by atoms with E-state index in [4.69, 9.17) is 0 Å². The van der Waals surface area contributed by atoms with Crippen LogP contribution < -0.4 is 5.32 Å². The largest absolute Gasteiger partial charge is 0.297 e. The van der Waals surface area contributed by atoms with Crippen LogP contribution in [0.15, 0.2) is 36.4 Å². The molecule has 1 unspecified atom stereocenters. The van der Waals surface area contributed by atoms with E-state index in [0.717, 1.165) is 38.6 Å². The zero-order valence-corrected chi connectivity index (χ0v) is 17.1. The Bertz CT molecular complexity index is 1110. The summed E-state index contributed by atoms with van der Waals surface area (Å²) in [7, 11) is 0. The molecule has 4 nitrogen and oxygen atoms in total. The Labute approximate surface area is 168 Å². The van der Waals surface area contributed by atoms with E-state index in [1.54, 1.807) is 22.7 Å². The van der Waals surface area contributed by atoms with E-state index in [9.17, 15) is 4.79 Å². The first-order valence-corrected chi connectivity index (χ1v) is 11.4. The maximum atomic E-state index is 12.7. The van der Waals surface area contributed by atoms with Gasteiger partial charge in [0, 0.05) is 4.88 Å². The molecular weight excluding hydrogens is 394 g/mol. The van der Waals surface area contributed by atoms with Gasteiger partial charge in [-0.15, -0.1) is 34.0 Å². The maximum absolute atomic E-state index is 12.7. The second-order valence-corrected chi connectivity index (χ2v) is 10.0. The quantitative estimate of drug-likeness (QED) is 0.459. The summed E-state index contributed by atoms with van der Waals surface area (Å²) in [5, 5.41) is 4.66. The zero-order chi connectivity index (χ0) is 18.4. The SMILES string of the molecule is CC1CCc2nc(NC(=O)c3ccc(-c4nc5ccccc5s4)s3)sc2C1. The molecule has 1 aliphatic rings. The van der Waals surface area contributed by atoms with Crippen LogP contribution in [0.25, 0.3) is 20.1 Å². The van der Waals surface area contributed by atoms with Crippen molar-refractivity contribution in [1.29, 1.82) is 0 Å². The second-order valence-electron chi connectivity index (χ2n) is 6.84. The summed E-state index contributed by atoms with van der Waals surface area (Å²) in [6.07, 6.45) is 3.27. The van der Waals surface area contributed by atoms with Crippen molar-refractivity contribution in [1.82, 2.24) is 9.97 Å². The summed E-state index contributed by atoms with van der Waals surface area (Å²) in [5.74, 6) is 0.613. The smallest absolute Gasteiger partial charge is 0.267 e. The lowest BCUT2D eigenvalue weighted by Crippen LogP contribution is -2.10. The number of aromatic nitrogens is 2. The number of anilines is 1. The van der Waals surface area contributed by atoms with Crippen LogP contribution in [0.4, 0.5) is 5.13 Å². The molecule has 1 N–H and O–H groups in total. The Hall–Kier alpha value is -2.09. The van der Waals surface area contributed by atoms with Gasteiger partial charge in [0.15, 0.2) is 5.13 Å². The number of carbonyl (C=O) groups is 1. The van der Waals surface area contributed by atoms with Crippen LogP contribution in [0.2, 0.25) is 0 Å². The monoisotopic (exact) mass is 411 g/mol. The van der Waals surface area contributed by atoms with Gasteiger partial charge in [0.2, 0.25) is 0 Å². The lowest BCUT2D eigenvalue weighted by molar-refractivity contribution is 0.103. The van der Waals surface area contributed by atoms with Gasteiger partial charge in [-0.1, -0.05) is 19.1 Å². The topological polar surface area (TPSA) is 54.9 Å². The van der Waals surface area contributed by atoms with Gasteiger partial charge in [-0.25, -0.2) is 9.97 Å².